The molecule has 2 nitrogen and oxygen atoms in total. The van der Waals surface area contributed by atoms with E-state index < -0.39 is 0 Å². The largest absolute Gasteiger partial charge is 0.294 e. The third kappa shape index (κ3) is 1.43. The SMILES string of the molecule is O=C1C=C(c2ccccc2)C(=O)[C@@H]2[C@@H]1[C@@H]1C=C[C@H]2C1. The molecule has 0 spiro atoms. The third-order valence-corrected chi connectivity index (χ3v) is 4.73. The molecule has 0 saturated heterocycles. The molecule has 1 aromatic carbocycles. The van der Waals surface area contributed by atoms with Crippen LogP contribution in [0.4, 0.5) is 0 Å². The molecule has 3 aliphatic rings. The number of Topliss-reactive ketones (excluding diaryl/α,β-unsaturated/α-hetero) is 1. The van der Waals surface area contributed by atoms with Crippen molar-refractivity contribution >= 4 is 17.1 Å². The predicted molar refractivity (Wildman–Crippen MR) is 72.2 cm³/mol. The predicted octanol–water partition coefficient (Wildman–Crippen LogP) is 2.66. The van der Waals surface area contributed by atoms with Gasteiger partial charge in [-0.2, -0.15) is 0 Å². The molecule has 2 bridgehead atoms. The summed E-state index contributed by atoms with van der Waals surface area (Å²) in [6.45, 7) is 0. The summed E-state index contributed by atoms with van der Waals surface area (Å²) in [5.74, 6) is 0.671. The highest BCUT2D eigenvalue weighted by molar-refractivity contribution is 6.29. The van der Waals surface area contributed by atoms with Gasteiger partial charge in [0.05, 0.1) is 0 Å². The van der Waals surface area contributed by atoms with Gasteiger partial charge in [-0.1, -0.05) is 42.5 Å². The number of hydrogen-bond acceptors (Lipinski definition) is 2. The van der Waals surface area contributed by atoms with Crippen LogP contribution in [0.1, 0.15) is 12.0 Å². The van der Waals surface area contributed by atoms with Crippen molar-refractivity contribution in [3.05, 3.63) is 54.1 Å². The summed E-state index contributed by atoms with van der Waals surface area (Å²) in [4.78, 5) is 25.0. The highest BCUT2D eigenvalue weighted by atomic mass is 16.1. The lowest BCUT2D eigenvalue weighted by atomic mass is 9.71. The van der Waals surface area contributed by atoms with Crippen LogP contribution in [-0.2, 0) is 9.59 Å². The number of benzene rings is 1. The Morgan fingerprint density at radius 2 is 1.58 bits per heavy atom. The van der Waals surface area contributed by atoms with E-state index in [0.29, 0.717) is 11.5 Å². The van der Waals surface area contributed by atoms with Gasteiger partial charge in [-0.25, -0.2) is 0 Å². The molecule has 4 atom stereocenters. The van der Waals surface area contributed by atoms with Crippen LogP contribution >= 0.6 is 0 Å². The van der Waals surface area contributed by atoms with E-state index in [0.717, 1.165) is 12.0 Å². The molecule has 0 unspecified atom stereocenters. The molecule has 1 saturated carbocycles. The molecule has 0 amide bonds. The first-order chi connectivity index (χ1) is 9.25. The molecule has 2 heteroatoms. The van der Waals surface area contributed by atoms with Gasteiger partial charge in [-0.15, -0.1) is 0 Å². The first-order valence-electron chi connectivity index (χ1n) is 6.79. The molecule has 0 aliphatic heterocycles. The van der Waals surface area contributed by atoms with Gasteiger partial charge in [-0.3, -0.25) is 9.59 Å². The lowest BCUT2D eigenvalue weighted by Gasteiger charge is -2.29. The van der Waals surface area contributed by atoms with Crippen molar-refractivity contribution in [2.45, 2.75) is 6.42 Å². The van der Waals surface area contributed by atoms with Gasteiger partial charge in [0.25, 0.3) is 0 Å². The van der Waals surface area contributed by atoms with Crippen molar-refractivity contribution in [1.82, 2.24) is 0 Å². The zero-order valence-electron chi connectivity index (χ0n) is 10.5. The Hall–Kier alpha value is -1.96. The van der Waals surface area contributed by atoms with Crippen molar-refractivity contribution in [2.75, 3.05) is 0 Å². The minimum absolute atomic E-state index is 0.0880. The summed E-state index contributed by atoms with van der Waals surface area (Å²) in [6.07, 6.45) is 6.80. The van der Waals surface area contributed by atoms with Gasteiger partial charge >= 0.3 is 0 Å². The van der Waals surface area contributed by atoms with Crippen LogP contribution in [0.25, 0.3) is 5.57 Å². The van der Waals surface area contributed by atoms with E-state index in [1.165, 1.54) is 0 Å². The molecule has 94 valence electrons. The van der Waals surface area contributed by atoms with E-state index in [9.17, 15) is 9.59 Å². The lowest BCUT2D eigenvalue weighted by molar-refractivity contribution is -0.128. The minimum Gasteiger partial charge on any atom is -0.294 e. The maximum atomic E-state index is 12.7. The first kappa shape index (κ1) is 10.9. The summed E-state index contributed by atoms with van der Waals surface area (Å²) < 4.78 is 0. The number of rotatable bonds is 1. The average Bonchev–Trinajstić information content (AvgIpc) is 3.05. The number of hydrogen-bond donors (Lipinski definition) is 0. The summed E-state index contributed by atoms with van der Waals surface area (Å²) in [7, 11) is 0. The number of fused-ring (bicyclic) bond motifs is 5. The van der Waals surface area contributed by atoms with Crippen molar-refractivity contribution < 1.29 is 9.59 Å². The molecule has 0 aromatic heterocycles. The Morgan fingerprint density at radius 3 is 2.32 bits per heavy atom. The summed E-state index contributed by atoms with van der Waals surface area (Å²) in [5.41, 5.74) is 1.47. The van der Waals surface area contributed by atoms with E-state index in [4.69, 9.17) is 0 Å². The van der Waals surface area contributed by atoms with E-state index in [-0.39, 0.29) is 29.3 Å². The van der Waals surface area contributed by atoms with Crippen LogP contribution in [0.5, 0.6) is 0 Å². The second-order valence-electron chi connectivity index (χ2n) is 5.69. The van der Waals surface area contributed by atoms with Gasteiger partial charge in [0.15, 0.2) is 11.6 Å². The Balaban J connectivity index is 1.80. The first-order valence-corrected chi connectivity index (χ1v) is 6.79. The Labute approximate surface area is 111 Å². The van der Waals surface area contributed by atoms with Crippen LogP contribution < -0.4 is 0 Å². The Bertz CT molecular complexity index is 624. The van der Waals surface area contributed by atoms with Crippen molar-refractivity contribution in [2.24, 2.45) is 23.7 Å². The molecule has 4 rings (SSSR count). The molecule has 1 aromatic rings. The van der Waals surface area contributed by atoms with Gasteiger partial charge in [0, 0.05) is 17.4 Å². The fourth-order valence-corrected chi connectivity index (χ4v) is 3.90. The molecular formula is C17H14O2. The smallest absolute Gasteiger partial charge is 0.168 e. The number of allylic oxidation sites excluding steroid dienone is 4. The van der Waals surface area contributed by atoms with Crippen LogP contribution in [0.3, 0.4) is 0 Å². The second kappa shape index (κ2) is 3.77. The van der Waals surface area contributed by atoms with Gasteiger partial charge < -0.3 is 0 Å². The van der Waals surface area contributed by atoms with Crippen LogP contribution in [0.15, 0.2) is 48.6 Å². The molecule has 19 heavy (non-hydrogen) atoms. The topological polar surface area (TPSA) is 34.1 Å². The minimum atomic E-state index is -0.109. The van der Waals surface area contributed by atoms with Gasteiger partial charge in [-0.05, 0) is 29.9 Å². The van der Waals surface area contributed by atoms with Crippen LogP contribution in [0, 0.1) is 23.7 Å². The molecule has 3 aliphatic carbocycles. The highest BCUT2D eigenvalue weighted by Crippen LogP contribution is 2.52. The maximum Gasteiger partial charge on any atom is 0.168 e. The maximum absolute atomic E-state index is 12.7. The Morgan fingerprint density at radius 1 is 0.895 bits per heavy atom. The van der Waals surface area contributed by atoms with Crippen molar-refractivity contribution in [1.29, 1.82) is 0 Å². The Kier molecular flexibility index (Phi) is 2.16. The summed E-state index contributed by atoms with van der Waals surface area (Å²) in [6, 6.07) is 9.53. The molecular weight excluding hydrogens is 236 g/mol. The van der Waals surface area contributed by atoms with E-state index in [1.54, 1.807) is 6.08 Å². The van der Waals surface area contributed by atoms with Gasteiger partial charge in [0.1, 0.15) is 0 Å². The number of ketones is 2. The molecule has 0 radical (unpaired) electrons. The third-order valence-electron chi connectivity index (χ3n) is 4.73. The summed E-state index contributed by atoms with van der Waals surface area (Å²) >= 11 is 0. The zero-order valence-corrected chi connectivity index (χ0v) is 10.5. The summed E-state index contributed by atoms with van der Waals surface area (Å²) in [5, 5.41) is 0. The normalized spacial score (nSPS) is 35.5. The fraction of sp³-hybridized carbons (Fsp3) is 0.294. The molecule has 0 N–H and O–H groups in total. The standard InChI is InChI=1S/C17H14O2/c18-14-9-13(10-4-2-1-3-5-10)17(19)16-12-7-6-11(8-12)15(14)16/h1-7,9,11-12,15-16H,8H2/t11-,12+,15-,16+/m1/s1. The number of carbonyl (C=O) groups excluding carboxylic acids is 2. The molecule has 1 fully saturated rings. The quantitative estimate of drug-likeness (QED) is 0.718. The van der Waals surface area contributed by atoms with E-state index in [1.807, 2.05) is 30.3 Å². The zero-order chi connectivity index (χ0) is 13.0. The van der Waals surface area contributed by atoms with Gasteiger partial charge in [0.2, 0.25) is 0 Å². The van der Waals surface area contributed by atoms with E-state index >= 15 is 0 Å². The van der Waals surface area contributed by atoms with Crippen LogP contribution in [0.2, 0.25) is 0 Å². The lowest BCUT2D eigenvalue weighted by Crippen LogP contribution is -2.36. The van der Waals surface area contributed by atoms with E-state index in [2.05, 4.69) is 12.2 Å². The van der Waals surface area contributed by atoms with Crippen LogP contribution in [-0.4, -0.2) is 11.6 Å². The average molecular weight is 250 g/mol. The molecule has 0 heterocycles. The monoisotopic (exact) mass is 250 g/mol. The fourth-order valence-electron chi connectivity index (χ4n) is 3.90. The number of carbonyl (C=O) groups is 2. The highest BCUT2D eigenvalue weighted by Gasteiger charge is 2.53. The van der Waals surface area contributed by atoms with Crippen molar-refractivity contribution in [3.8, 4) is 0 Å². The van der Waals surface area contributed by atoms with Crippen molar-refractivity contribution in [3.63, 3.8) is 0 Å². The second-order valence-corrected chi connectivity index (χ2v) is 5.69.